The van der Waals surface area contributed by atoms with Gasteiger partial charge in [-0.05, 0) is 72.9 Å². The van der Waals surface area contributed by atoms with Gasteiger partial charge in [-0.25, -0.2) is 4.39 Å². The highest BCUT2D eigenvalue weighted by Crippen LogP contribution is 2.48. The molecule has 2 aromatic carbocycles. The molecular formula is C20H19FO2. The molecule has 0 aromatic heterocycles. The number of hydrogen-bond donors (Lipinski definition) is 0. The van der Waals surface area contributed by atoms with Gasteiger partial charge in [-0.3, -0.25) is 4.79 Å². The molecule has 2 saturated carbocycles. The third-order valence-electron chi connectivity index (χ3n) is 4.61. The van der Waals surface area contributed by atoms with Crippen LogP contribution in [0, 0.1) is 11.7 Å². The average Bonchev–Trinajstić information content (AvgIpc) is 3.47. The van der Waals surface area contributed by atoms with Crippen molar-refractivity contribution >= 4 is 6.29 Å². The molecule has 118 valence electrons. The second-order valence-corrected chi connectivity index (χ2v) is 6.64. The number of benzene rings is 2. The maximum Gasteiger partial charge on any atom is 0.150 e. The third kappa shape index (κ3) is 3.14. The molecule has 0 atom stereocenters. The van der Waals surface area contributed by atoms with E-state index in [-0.39, 0.29) is 5.82 Å². The number of rotatable bonds is 6. The maximum atomic E-state index is 13.3. The number of hydrogen-bond acceptors (Lipinski definition) is 2. The molecule has 2 aliphatic carbocycles. The second-order valence-electron chi connectivity index (χ2n) is 6.64. The van der Waals surface area contributed by atoms with Crippen LogP contribution in [0.5, 0.6) is 5.75 Å². The Balaban J connectivity index is 1.81. The molecule has 0 N–H and O–H groups in total. The third-order valence-corrected chi connectivity index (χ3v) is 4.61. The van der Waals surface area contributed by atoms with Gasteiger partial charge in [0.25, 0.3) is 0 Å². The summed E-state index contributed by atoms with van der Waals surface area (Å²) in [5, 5.41) is 0. The highest BCUT2D eigenvalue weighted by atomic mass is 19.1. The van der Waals surface area contributed by atoms with Crippen molar-refractivity contribution in [3.8, 4) is 16.9 Å². The number of ether oxygens (including phenoxy) is 1. The van der Waals surface area contributed by atoms with E-state index in [2.05, 4.69) is 0 Å². The zero-order valence-electron chi connectivity index (χ0n) is 12.9. The Kier molecular flexibility index (Phi) is 3.64. The van der Waals surface area contributed by atoms with E-state index in [1.54, 1.807) is 12.1 Å². The highest BCUT2D eigenvalue weighted by Gasteiger charge is 2.30. The quantitative estimate of drug-likeness (QED) is 0.704. The Bertz CT molecular complexity index is 728. The van der Waals surface area contributed by atoms with E-state index in [0.717, 1.165) is 41.6 Å². The molecule has 4 rings (SSSR count). The van der Waals surface area contributed by atoms with E-state index in [4.69, 9.17) is 4.74 Å². The van der Waals surface area contributed by atoms with Crippen LogP contribution in [-0.4, -0.2) is 12.9 Å². The van der Waals surface area contributed by atoms with Gasteiger partial charge in [0, 0.05) is 11.1 Å². The van der Waals surface area contributed by atoms with Crippen molar-refractivity contribution < 1.29 is 13.9 Å². The van der Waals surface area contributed by atoms with Gasteiger partial charge < -0.3 is 4.74 Å². The summed E-state index contributed by atoms with van der Waals surface area (Å²) in [6, 6.07) is 10.3. The van der Waals surface area contributed by atoms with Crippen molar-refractivity contribution in [1.29, 1.82) is 0 Å². The summed E-state index contributed by atoms with van der Waals surface area (Å²) in [5.74, 6) is 1.64. The van der Waals surface area contributed by atoms with Crippen LogP contribution in [0.25, 0.3) is 11.1 Å². The van der Waals surface area contributed by atoms with Crippen molar-refractivity contribution in [1.82, 2.24) is 0 Å². The first-order chi connectivity index (χ1) is 11.2. The predicted octanol–water partition coefficient (Wildman–Crippen LogP) is 4.97. The monoisotopic (exact) mass is 310 g/mol. The zero-order valence-corrected chi connectivity index (χ0v) is 12.9. The molecule has 0 radical (unpaired) electrons. The number of aldehydes is 1. The van der Waals surface area contributed by atoms with Gasteiger partial charge in [0.1, 0.15) is 17.9 Å². The van der Waals surface area contributed by atoms with Gasteiger partial charge in [-0.15, -0.1) is 0 Å². The lowest BCUT2D eigenvalue weighted by atomic mass is 9.93. The van der Waals surface area contributed by atoms with Crippen molar-refractivity contribution in [3.05, 3.63) is 53.3 Å². The zero-order chi connectivity index (χ0) is 15.8. The summed E-state index contributed by atoms with van der Waals surface area (Å²) in [7, 11) is 0. The lowest BCUT2D eigenvalue weighted by molar-refractivity contribution is 0.112. The topological polar surface area (TPSA) is 26.3 Å². The smallest absolute Gasteiger partial charge is 0.150 e. The van der Waals surface area contributed by atoms with Crippen molar-refractivity contribution in [2.24, 2.45) is 5.92 Å². The van der Waals surface area contributed by atoms with Crippen molar-refractivity contribution in [2.45, 2.75) is 31.6 Å². The van der Waals surface area contributed by atoms with Crippen LogP contribution in [-0.2, 0) is 0 Å². The average molecular weight is 310 g/mol. The molecule has 2 nitrogen and oxygen atoms in total. The standard InChI is InChI=1S/C20H19FO2/c21-17-7-5-16(6-8-17)20-18(15-3-4-15)9-14(11-22)10-19(20)23-12-13-1-2-13/h5-11,13,15H,1-4,12H2. The summed E-state index contributed by atoms with van der Waals surface area (Å²) in [4.78, 5) is 11.3. The van der Waals surface area contributed by atoms with Crippen LogP contribution in [0.4, 0.5) is 4.39 Å². The number of carbonyl (C=O) groups is 1. The van der Waals surface area contributed by atoms with Crippen LogP contribution in [0.15, 0.2) is 36.4 Å². The van der Waals surface area contributed by atoms with E-state index >= 15 is 0 Å². The normalized spacial score (nSPS) is 17.1. The Hall–Kier alpha value is -2.16. The Morgan fingerprint density at radius 3 is 2.43 bits per heavy atom. The fourth-order valence-electron chi connectivity index (χ4n) is 2.98. The van der Waals surface area contributed by atoms with Crippen LogP contribution >= 0.6 is 0 Å². The predicted molar refractivity (Wildman–Crippen MR) is 87.4 cm³/mol. The fraction of sp³-hybridized carbons (Fsp3) is 0.350. The van der Waals surface area contributed by atoms with E-state index in [1.165, 1.54) is 25.0 Å². The van der Waals surface area contributed by atoms with Crippen LogP contribution < -0.4 is 4.74 Å². The van der Waals surface area contributed by atoms with Crippen molar-refractivity contribution in [2.75, 3.05) is 6.61 Å². The Morgan fingerprint density at radius 2 is 1.83 bits per heavy atom. The molecule has 3 heteroatoms. The molecule has 0 amide bonds. The molecule has 0 spiro atoms. The lowest BCUT2D eigenvalue weighted by Gasteiger charge is -2.17. The van der Waals surface area contributed by atoms with Gasteiger partial charge in [0.2, 0.25) is 0 Å². The summed E-state index contributed by atoms with van der Waals surface area (Å²) in [5.41, 5.74) is 3.80. The number of carbonyl (C=O) groups excluding carboxylic acids is 1. The van der Waals surface area contributed by atoms with E-state index < -0.39 is 0 Å². The summed E-state index contributed by atoms with van der Waals surface area (Å²) < 4.78 is 19.3. The Labute approximate surface area is 135 Å². The van der Waals surface area contributed by atoms with Gasteiger partial charge in [0.05, 0.1) is 6.61 Å². The first kappa shape index (κ1) is 14.4. The number of halogens is 1. The largest absolute Gasteiger partial charge is 0.493 e. The minimum Gasteiger partial charge on any atom is -0.493 e. The van der Waals surface area contributed by atoms with Crippen molar-refractivity contribution in [3.63, 3.8) is 0 Å². The minimum atomic E-state index is -0.244. The van der Waals surface area contributed by atoms with Crippen LogP contribution in [0.1, 0.15) is 47.5 Å². The van der Waals surface area contributed by atoms with E-state index in [1.807, 2.05) is 12.1 Å². The molecule has 0 saturated heterocycles. The molecule has 2 aromatic rings. The van der Waals surface area contributed by atoms with Gasteiger partial charge in [-0.2, -0.15) is 0 Å². The lowest BCUT2D eigenvalue weighted by Crippen LogP contribution is -2.03. The highest BCUT2D eigenvalue weighted by molar-refractivity contribution is 5.83. The first-order valence-electron chi connectivity index (χ1n) is 8.26. The molecule has 0 bridgehead atoms. The summed E-state index contributed by atoms with van der Waals surface area (Å²) in [6.45, 7) is 0.695. The molecule has 0 heterocycles. The second kappa shape index (κ2) is 5.80. The molecule has 23 heavy (non-hydrogen) atoms. The molecular weight excluding hydrogens is 291 g/mol. The minimum absolute atomic E-state index is 0.244. The van der Waals surface area contributed by atoms with Crippen LogP contribution in [0.2, 0.25) is 0 Å². The first-order valence-corrected chi connectivity index (χ1v) is 8.26. The molecule has 0 unspecified atom stereocenters. The molecule has 2 aliphatic rings. The Morgan fingerprint density at radius 1 is 1.09 bits per heavy atom. The van der Waals surface area contributed by atoms with E-state index in [0.29, 0.717) is 24.0 Å². The fourth-order valence-corrected chi connectivity index (χ4v) is 2.98. The molecule has 2 fully saturated rings. The molecule has 0 aliphatic heterocycles. The maximum absolute atomic E-state index is 13.3. The SMILES string of the molecule is O=Cc1cc(OCC2CC2)c(-c2ccc(F)cc2)c(C2CC2)c1. The van der Waals surface area contributed by atoms with E-state index in [9.17, 15) is 9.18 Å². The summed E-state index contributed by atoms with van der Waals surface area (Å²) >= 11 is 0. The van der Waals surface area contributed by atoms with Crippen LogP contribution in [0.3, 0.4) is 0 Å². The summed E-state index contributed by atoms with van der Waals surface area (Å²) in [6.07, 6.45) is 5.59. The van der Waals surface area contributed by atoms with Gasteiger partial charge in [-0.1, -0.05) is 12.1 Å². The van der Waals surface area contributed by atoms with Gasteiger partial charge in [0.15, 0.2) is 0 Å². The van der Waals surface area contributed by atoms with Gasteiger partial charge >= 0.3 is 0 Å².